The summed E-state index contributed by atoms with van der Waals surface area (Å²) in [4.78, 5) is 0. The first-order valence-electron chi connectivity index (χ1n) is 4.73. The van der Waals surface area contributed by atoms with E-state index in [-0.39, 0.29) is 0 Å². The first-order valence-corrected chi connectivity index (χ1v) is 6.96. The number of benzene rings is 1. The van der Waals surface area contributed by atoms with Crippen LogP contribution in [0, 0.1) is 3.57 Å². The topological polar surface area (TPSA) is 20.2 Å². The van der Waals surface area contributed by atoms with Gasteiger partial charge in [0.05, 0.1) is 5.60 Å². The Morgan fingerprint density at radius 3 is 2.64 bits per heavy atom. The van der Waals surface area contributed by atoms with Crippen molar-refractivity contribution in [1.82, 2.24) is 0 Å². The van der Waals surface area contributed by atoms with Crippen LogP contribution < -0.4 is 0 Å². The predicted molar refractivity (Wildman–Crippen MR) is 69.8 cm³/mol. The lowest BCUT2D eigenvalue weighted by Gasteiger charge is -2.21. The molecule has 1 aromatic carbocycles. The van der Waals surface area contributed by atoms with E-state index in [1.165, 1.54) is 9.13 Å². The lowest BCUT2D eigenvalue weighted by molar-refractivity contribution is 0.0686. The number of halogens is 1. The summed E-state index contributed by atoms with van der Waals surface area (Å²) in [7, 11) is 0. The zero-order valence-corrected chi connectivity index (χ0v) is 10.8. The van der Waals surface area contributed by atoms with E-state index < -0.39 is 5.60 Å². The molecular formula is C11H13IOS. The maximum absolute atomic E-state index is 10.2. The predicted octanol–water partition coefficient (Wildman–Crippen LogP) is 2.70. The molecule has 1 fully saturated rings. The van der Waals surface area contributed by atoms with Gasteiger partial charge in [0.1, 0.15) is 0 Å². The van der Waals surface area contributed by atoms with Crippen molar-refractivity contribution in [3.05, 3.63) is 33.4 Å². The summed E-state index contributed by atoms with van der Waals surface area (Å²) in [5.41, 5.74) is 0.799. The van der Waals surface area contributed by atoms with Crippen molar-refractivity contribution in [3.63, 3.8) is 0 Å². The van der Waals surface area contributed by atoms with Crippen LogP contribution in [-0.2, 0) is 6.42 Å². The van der Waals surface area contributed by atoms with Crippen LogP contribution in [-0.4, -0.2) is 22.2 Å². The highest BCUT2D eigenvalue weighted by Gasteiger charge is 2.31. The van der Waals surface area contributed by atoms with Gasteiger partial charge >= 0.3 is 0 Å². The second kappa shape index (κ2) is 4.41. The standard InChI is InChI=1S/C11H13IOS/c12-10-3-1-9(2-4-10)7-11(13)5-6-14-8-11/h1-4,13H,5-8H2. The quantitative estimate of drug-likeness (QED) is 0.846. The van der Waals surface area contributed by atoms with E-state index in [9.17, 15) is 5.11 Å². The van der Waals surface area contributed by atoms with Crippen molar-refractivity contribution >= 4 is 34.4 Å². The molecule has 2 rings (SSSR count). The lowest BCUT2D eigenvalue weighted by Crippen LogP contribution is -2.30. The van der Waals surface area contributed by atoms with Crippen molar-refractivity contribution < 1.29 is 5.11 Å². The fraction of sp³-hybridized carbons (Fsp3) is 0.455. The molecule has 0 bridgehead atoms. The zero-order valence-electron chi connectivity index (χ0n) is 7.87. The molecule has 1 atom stereocenters. The molecule has 1 aliphatic heterocycles. The van der Waals surface area contributed by atoms with E-state index in [2.05, 4.69) is 46.9 Å². The van der Waals surface area contributed by atoms with Gasteiger partial charge in [-0.15, -0.1) is 0 Å². The largest absolute Gasteiger partial charge is 0.389 e. The minimum atomic E-state index is -0.447. The van der Waals surface area contributed by atoms with Crippen molar-refractivity contribution in [3.8, 4) is 0 Å². The summed E-state index contributed by atoms with van der Waals surface area (Å²) in [6.07, 6.45) is 1.74. The molecule has 0 amide bonds. The molecule has 0 radical (unpaired) electrons. The monoisotopic (exact) mass is 320 g/mol. The van der Waals surface area contributed by atoms with E-state index in [0.717, 1.165) is 24.3 Å². The van der Waals surface area contributed by atoms with Gasteiger partial charge in [-0.3, -0.25) is 0 Å². The fourth-order valence-electron chi connectivity index (χ4n) is 1.72. The van der Waals surface area contributed by atoms with Gasteiger partial charge in [-0.25, -0.2) is 0 Å². The molecule has 3 heteroatoms. The van der Waals surface area contributed by atoms with E-state index in [1.807, 2.05) is 11.8 Å². The minimum absolute atomic E-state index is 0.447. The van der Waals surface area contributed by atoms with Gasteiger partial charge in [0, 0.05) is 15.7 Å². The second-order valence-corrected chi connectivity index (χ2v) is 6.18. The number of thioether (sulfide) groups is 1. The highest BCUT2D eigenvalue weighted by molar-refractivity contribution is 14.1. The van der Waals surface area contributed by atoms with Gasteiger partial charge in [0.25, 0.3) is 0 Å². The smallest absolute Gasteiger partial charge is 0.0785 e. The van der Waals surface area contributed by atoms with Gasteiger partial charge in [-0.05, 0) is 52.5 Å². The molecule has 1 heterocycles. The Balaban J connectivity index is 2.06. The van der Waals surface area contributed by atoms with Crippen molar-refractivity contribution in [2.45, 2.75) is 18.4 Å². The highest BCUT2D eigenvalue weighted by atomic mass is 127. The summed E-state index contributed by atoms with van der Waals surface area (Å²) < 4.78 is 1.25. The van der Waals surface area contributed by atoms with E-state index in [0.29, 0.717) is 0 Å². The molecule has 0 aromatic heterocycles. The fourth-order valence-corrected chi connectivity index (χ4v) is 3.37. The van der Waals surface area contributed by atoms with Crippen LogP contribution in [0.2, 0.25) is 0 Å². The van der Waals surface area contributed by atoms with E-state index >= 15 is 0 Å². The molecule has 0 saturated carbocycles. The Hall–Kier alpha value is 0.260. The average molecular weight is 320 g/mol. The van der Waals surface area contributed by atoms with Crippen LogP contribution in [0.1, 0.15) is 12.0 Å². The minimum Gasteiger partial charge on any atom is -0.389 e. The van der Waals surface area contributed by atoms with E-state index in [4.69, 9.17) is 0 Å². The van der Waals surface area contributed by atoms with Crippen molar-refractivity contribution in [2.24, 2.45) is 0 Å². The Labute approximate surface area is 102 Å². The Morgan fingerprint density at radius 1 is 1.36 bits per heavy atom. The Morgan fingerprint density at radius 2 is 2.07 bits per heavy atom. The molecule has 1 N–H and O–H groups in total. The van der Waals surface area contributed by atoms with Gasteiger partial charge < -0.3 is 5.11 Å². The lowest BCUT2D eigenvalue weighted by atomic mass is 9.94. The molecule has 1 nitrogen and oxygen atoms in total. The first kappa shape index (κ1) is 10.8. The third kappa shape index (κ3) is 2.64. The summed E-state index contributed by atoms with van der Waals surface area (Å²) in [5.74, 6) is 1.99. The van der Waals surface area contributed by atoms with Crippen LogP contribution in [0.5, 0.6) is 0 Å². The van der Waals surface area contributed by atoms with Gasteiger partial charge in [0.15, 0.2) is 0 Å². The molecule has 76 valence electrons. The van der Waals surface area contributed by atoms with Crippen LogP contribution in [0.25, 0.3) is 0 Å². The maximum atomic E-state index is 10.2. The first-order chi connectivity index (χ1) is 6.68. The average Bonchev–Trinajstić information content (AvgIpc) is 2.57. The molecule has 1 unspecified atom stereocenters. The Kier molecular flexibility index (Phi) is 3.39. The summed E-state index contributed by atoms with van der Waals surface area (Å²) in [6, 6.07) is 8.42. The molecule has 1 saturated heterocycles. The van der Waals surface area contributed by atoms with Crippen molar-refractivity contribution in [1.29, 1.82) is 0 Å². The van der Waals surface area contributed by atoms with E-state index in [1.54, 1.807) is 0 Å². The number of hydrogen-bond donors (Lipinski definition) is 1. The molecule has 1 aliphatic rings. The maximum Gasteiger partial charge on any atom is 0.0785 e. The van der Waals surface area contributed by atoms with Gasteiger partial charge in [-0.1, -0.05) is 12.1 Å². The molecule has 1 aromatic rings. The zero-order chi connectivity index (χ0) is 10.0. The summed E-state index contributed by atoms with van der Waals surface area (Å²) in [5, 5.41) is 10.2. The molecule has 0 spiro atoms. The number of hydrogen-bond acceptors (Lipinski definition) is 2. The normalized spacial score (nSPS) is 26.7. The number of rotatable bonds is 2. The van der Waals surface area contributed by atoms with Crippen LogP contribution in [0.4, 0.5) is 0 Å². The molecular weight excluding hydrogens is 307 g/mol. The van der Waals surface area contributed by atoms with Gasteiger partial charge in [0.2, 0.25) is 0 Å². The Bertz CT molecular complexity index is 304. The highest BCUT2D eigenvalue weighted by Crippen LogP contribution is 2.30. The van der Waals surface area contributed by atoms with Crippen LogP contribution >= 0.6 is 34.4 Å². The summed E-state index contributed by atoms with van der Waals surface area (Å²) >= 11 is 4.15. The molecule has 14 heavy (non-hydrogen) atoms. The third-order valence-electron chi connectivity index (χ3n) is 2.53. The van der Waals surface area contributed by atoms with Gasteiger partial charge in [-0.2, -0.15) is 11.8 Å². The third-order valence-corrected chi connectivity index (χ3v) is 4.48. The summed E-state index contributed by atoms with van der Waals surface area (Å²) in [6.45, 7) is 0. The second-order valence-electron chi connectivity index (χ2n) is 3.83. The van der Waals surface area contributed by atoms with Crippen molar-refractivity contribution in [2.75, 3.05) is 11.5 Å². The molecule has 0 aliphatic carbocycles. The number of aliphatic hydroxyl groups is 1. The van der Waals surface area contributed by atoms with Crippen LogP contribution in [0.3, 0.4) is 0 Å². The van der Waals surface area contributed by atoms with Crippen LogP contribution in [0.15, 0.2) is 24.3 Å². The SMILES string of the molecule is OC1(Cc2ccc(I)cc2)CCSC1.